The summed E-state index contributed by atoms with van der Waals surface area (Å²) in [5, 5.41) is 40.0. The summed E-state index contributed by atoms with van der Waals surface area (Å²) in [5.74, 6) is -2.32. The third-order valence-electron chi connectivity index (χ3n) is 4.80. The van der Waals surface area contributed by atoms with Crippen molar-refractivity contribution in [2.24, 2.45) is 10.8 Å². The fraction of sp³-hybridized carbons (Fsp3) is 0.381. The van der Waals surface area contributed by atoms with Gasteiger partial charge in [-0.05, 0) is 20.8 Å². The highest BCUT2D eigenvalue weighted by molar-refractivity contribution is 6.03. The SMILES string of the molecule is CCOC(=O)C1=C(C(=O)OC(C)C)C(C#N)(C#N)C(C#N)(C#N)C2C=CC(C=O)=CN12. The Kier molecular flexibility index (Phi) is 6.29. The van der Waals surface area contributed by atoms with Gasteiger partial charge < -0.3 is 14.4 Å². The molecule has 10 nitrogen and oxygen atoms in total. The maximum absolute atomic E-state index is 13.1. The lowest BCUT2D eigenvalue weighted by Crippen LogP contribution is -2.60. The maximum Gasteiger partial charge on any atom is 0.355 e. The van der Waals surface area contributed by atoms with Crippen LogP contribution in [-0.4, -0.2) is 41.9 Å². The van der Waals surface area contributed by atoms with Gasteiger partial charge in [-0.1, -0.05) is 12.2 Å². The second kappa shape index (κ2) is 8.53. The van der Waals surface area contributed by atoms with Crippen LogP contribution in [0.15, 0.2) is 35.2 Å². The fourth-order valence-electron chi connectivity index (χ4n) is 3.50. The number of hydrogen-bond donors (Lipinski definition) is 0. The second-order valence-corrected chi connectivity index (χ2v) is 6.86. The number of aldehydes is 1. The van der Waals surface area contributed by atoms with Crippen LogP contribution >= 0.6 is 0 Å². The van der Waals surface area contributed by atoms with Crippen molar-refractivity contribution in [3.05, 3.63) is 35.2 Å². The van der Waals surface area contributed by atoms with E-state index in [2.05, 4.69) is 0 Å². The molecule has 0 bridgehead atoms. The van der Waals surface area contributed by atoms with Gasteiger partial charge >= 0.3 is 11.9 Å². The Hall–Kier alpha value is -4.41. The van der Waals surface area contributed by atoms with E-state index in [0.717, 1.165) is 11.1 Å². The first kappa shape index (κ1) is 22.9. The Morgan fingerprint density at radius 2 is 1.77 bits per heavy atom. The van der Waals surface area contributed by atoms with E-state index in [1.165, 1.54) is 32.9 Å². The number of rotatable bonds is 5. The Balaban J connectivity index is 3.10. The molecule has 0 spiro atoms. The van der Waals surface area contributed by atoms with E-state index in [1.807, 2.05) is 0 Å². The van der Waals surface area contributed by atoms with Gasteiger partial charge in [0.1, 0.15) is 11.3 Å². The lowest BCUT2D eigenvalue weighted by atomic mass is 9.55. The predicted molar refractivity (Wildman–Crippen MR) is 101 cm³/mol. The molecule has 0 fully saturated rings. The quantitative estimate of drug-likeness (QED) is 0.465. The van der Waals surface area contributed by atoms with Gasteiger partial charge in [-0.25, -0.2) is 9.59 Å². The summed E-state index contributed by atoms with van der Waals surface area (Å²) in [4.78, 5) is 38.3. The van der Waals surface area contributed by atoms with Crippen molar-refractivity contribution in [3.63, 3.8) is 0 Å². The monoisotopic (exact) mass is 419 g/mol. The van der Waals surface area contributed by atoms with Crippen molar-refractivity contribution in [1.29, 1.82) is 21.0 Å². The summed E-state index contributed by atoms with van der Waals surface area (Å²) in [5.41, 5.74) is -6.42. The summed E-state index contributed by atoms with van der Waals surface area (Å²) in [6.07, 6.45) is 3.44. The minimum atomic E-state index is -2.69. The minimum Gasteiger partial charge on any atom is -0.461 e. The number of carbonyl (C=O) groups excluding carboxylic acids is 3. The summed E-state index contributed by atoms with van der Waals surface area (Å²) in [6, 6.07) is 5.33. The van der Waals surface area contributed by atoms with Crippen molar-refractivity contribution in [3.8, 4) is 24.3 Å². The first-order valence-electron chi connectivity index (χ1n) is 9.14. The molecule has 1 unspecified atom stereocenters. The molecule has 1 atom stereocenters. The number of nitriles is 4. The van der Waals surface area contributed by atoms with E-state index in [0.29, 0.717) is 6.29 Å². The van der Waals surface area contributed by atoms with Gasteiger partial charge in [0.15, 0.2) is 6.29 Å². The largest absolute Gasteiger partial charge is 0.461 e. The summed E-state index contributed by atoms with van der Waals surface area (Å²) in [6.45, 7) is 4.40. The lowest BCUT2D eigenvalue weighted by Gasteiger charge is -2.48. The molecule has 0 aromatic heterocycles. The van der Waals surface area contributed by atoms with E-state index >= 15 is 0 Å². The van der Waals surface area contributed by atoms with Crippen molar-refractivity contribution in [2.45, 2.75) is 32.9 Å². The molecule has 156 valence electrons. The van der Waals surface area contributed by atoms with Crippen LogP contribution in [-0.2, 0) is 23.9 Å². The molecule has 0 aromatic rings. The standard InChI is InChI=1S/C21H17N5O5/c1-4-30-19(29)17-16(18(28)31-13(2)3)21(11-24,12-25)20(9-22,10-23)15-6-5-14(8-27)7-26(15)17/h5-8,13,15H,4H2,1-3H3. The Morgan fingerprint density at radius 3 is 2.23 bits per heavy atom. The number of allylic oxidation sites excluding steroid dienone is 2. The van der Waals surface area contributed by atoms with Crippen LogP contribution in [0.1, 0.15) is 20.8 Å². The fourth-order valence-corrected chi connectivity index (χ4v) is 3.50. The first-order chi connectivity index (χ1) is 14.7. The van der Waals surface area contributed by atoms with Crippen LogP contribution in [0.5, 0.6) is 0 Å². The van der Waals surface area contributed by atoms with Crippen LogP contribution in [0.3, 0.4) is 0 Å². The average Bonchev–Trinajstić information content (AvgIpc) is 2.76. The number of nitrogens with zero attached hydrogens (tertiary/aromatic N) is 5. The molecule has 31 heavy (non-hydrogen) atoms. The van der Waals surface area contributed by atoms with Crippen molar-refractivity contribution in [1.82, 2.24) is 4.90 Å². The summed E-state index contributed by atoms with van der Waals surface area (Å²) in [7, 11) is 0. The molecular weight excluding hydrogens is 402 g/mol. The number of ether oxygens (including phenoxy) is 2. The highest BCUT2D eigenvalue weighted by Crippen LogP contribution is 2.55. The Morgan fingerprint density at radius 1 is 1.16 bits per heavy atom. The van der Waals surface area contributed by atoms with Crippen molar-refractivity contribution < 1.29 is 23.9 Å². The molecule has 10 heteroatoms. The van der Waals surface area contributed by atoms with Gasteiger partial charge in [0.25, 0.3) is 0 Å². The zero-order valence-electron chi connectivity index (χ0n) is 16.9. The van der Waals surface area contributed by atoms with Gasteiger partial charge in [0.2, 0.25) is 10.8 Å². The Labute approximate surface area is 178 Å². The van der Waals surface area contributed by atoms with E-state index in [-0.39, 0.29) is 12.2 Å². The number of esters is 2. The zero-order chi connectivity index (χ0) is 23.4. The second-order valence-electron chi connectivity index (χ2n) is 6.86. The topological polar surface area (TPSA) is 168 Å². The third kappa shape index (κ3) is 3.21. The molecule has 2 aliphatic heterocycles. The molecule has 2 heterocycles. The molecule has 0 radical (unpaired) electrons. The van der Waals surface area contributed by atoms with Gasteiger partial charge in [-0.15, -0.1) is 0 Å². The zero-order valence-corrected chi connectivity index (χ0v) is 16.9. The van der Waals surface area contributed by atoms with Gasteiger partial charge in [0.05, 0.1) is 43.0 Å². The van der Waals surface area contributed by atoms with Gasteiger partial charge in [-0.2, -0.15) is 21.0 Å². The molecule has 0 saturated carbocycles. The smallest absolute Gasteiger partial charge is 0.355 e. The number of carbonyl (C=O) groups is 3. The molecule has 0 aliphatic carbocycles. The maximum atomic E-state index is 13.1. The predicted octanol–water partition coefficient (Wildman–Crippen LogP) is 1.16. The number of hydrogen-bond acceptors (Lipinski definition) is 10. The molecule has 0 saturated heterocycles. The summed E-state index contributed by atoms with van der Waals surface area (Å²) >= 11 is 0. The molecule has 2 rings (SSSR count). The van der Waals surface area contributed by atoms with Crippen molar-refractivity contribution in [2.75, 3.05) is 6.61 Å². The highest BCUT2D eigenvalue weighted by atomic mass is 16.5. The lowest BCUT2D eigenvalue weighted by molar-refractivity contribution is -0.147. The molecule has 2 aliphatic rings. The van der Waals surface area contributed by atoms with Gasteiger partial charge in [-0.3, -0.25) is 4.79 Å². The van der Waals surface area contributed by atoms with Crippen LogP contribution in [0.25, 0.3) is 0 Å². The van der Waals surface area contributed by atoms with Crippen LogP contribution in [0.2, 0.25) is 0 Å². The van der Waals surface area contributed by atoms with E-state index in [1.54, 1.807) is 24.3 Å². The van der Waals surface area contributed by atoms with Gasteiger partial charge in [0, 0.05) is 11.8 Å². The normalized spacial score (nSPS) is 20.2. The number of fused-ring (bicyclic) bond motifs is 1. The van der Waals surface area contributed by atoms with E-state index < -0.39 is 46.2 Å². The van der Waals surface area contributed by atoms with Crippen molar-refractivity contribution >= 4 is 18.2 Å². The van der Waals surface area contributed by atoms with Crippen LogP contribution in [0.4, 0.5) is 0 Å². The summed E-state index contributed by atoms with van der Waals surface area (Å²) < 4.78 is 10.2. The third-order valence-corrected chi connectivity index (χ3v) is 4.80. The van der Waals surface area contributed by atoms with E-state index in [9.17, 15) is 35.4 Å². The molecular formula is C21H17N5O5. The average molecular weight is 419 g/mol. The molecule has 0 amide bonds. The Bertz CT molecular complexity index is 1060. The van der Waals surface area contributed by atoms with Crippen LogP contribution in [0, 0.1) is 56.2 Å². The minimum absolute atomic E-state index is 0.0563. The molecule has 0 N–H and O–H groups in total. The van der Waals surface area contributed by atoms with Crippen LogP contribution < -0.4 is 0 Å². The molecule has 0 aromatic carbocycles. The first-order valence-corrected chi connectivity index (χ1v) is 9.14. The van der Waals surface area contributed by atoms with E-state index in [4.69, 9.17) is 9.47 Å². The highest BCUT2D eigenvalue weighted by Gasteiger charge is 2.69.